The van der Waals surface area contributed by atoms with Gasteiger partial charge in [0.05, 0.1) is 19.4 Å². The predicted molar refractivity (Wildman–Crippen MR) is 99.4 cm³/mol. The van der Waals surface area contributed by atoms with Crippen molar-refractivity contribution in [3.63, 3.8) is 0 Å². The van der Waals surface area contributed by atoms with E-state index in [9.17, 15) is 0 Å². The fourth-order valence-corrected chi connectivity index (χ4v) is 2.69. The molecule has 1 aliphatic rings. The van der Waals surface area contributed by atoms with Crippen LogP contribution in [0, 0.1) is 0 Å². The Bertz CT molecular complexity index is 655. The first-order chi connectivity index (χ1) is 12.2. The number of rotatable bonds is 7. The minimum atomic E-state index is 0.494. The van der Waals surface area contributed by atoms with E-state index in [-0.39, 0.29) is 0 Å². The van der Waals surface area contributed by atoms with Crippen LogP contribution < -0.4 is 10.6 Å². The summed E-state index contributed by atoms with van der Waals surface area (Å²) in [5, 5.41) is 14.6. The van der Waals surface area contributed by atoms with E-state index in [1.807, 2.05) is 12.1 Å². The fraction of sp³-hybridized carbons (Fsp3) is 0.500. The van der Waals surface area contributed by atoms with Gasteiger partial charge < -0.3 is 15.4 Å². The molecule has 1 aromatic heterocycles. The van der Waals surface area contributed by atoms with E-state index >= 15 is 0 Å². The van der Waals surface area contributed by atoms with Crippen LogP contribution >= 0.6 is 0 Å². The molecule has 7 nitrogen and oxygen atoms in total. The number of aromatic nitrogens is 3. The van der Waals surface area contributed by atoms with Gasteiger partial charge >= 0.3 is 0 Å². The molecule has 2 aromatic rings. The quantitative estimate of drug-likeness (QED) is 0.800. The minimum Gasteiger partial charge on any atom is -0.379 e. The Balaban J connectivity index is 1.52. The number of ether oxygens (including phenoxy) is 1. The molecule has 25 heavy (non-hydrogen) atoms. The molecule has 0 unspecified atom stereocenters. The molecule has 0 radical (unpaired) electrons. The van der Waals surface area contributed by atoms with Gasteiger partial charge in [-0.25, -0.2) is 0 Å². The van der Waals surface area contributed by atoms with Crippen molar-refractivity contribution in [1.29, 1.82) is 0 Å². The molecule has 1 fully saturated rings. The molecule has 2 heterocycles. The first-order valence-corrected chi connectivity index (χ1v) is 8.81. The smallest absolute Gasteiger partial charge is 0.249 e. The second-order valence-corrected chi connectivity index (χ2v) is 6.45. The van der Waals surface area contributed by atoms with Crippen LogP contribution in [0.2, 0.25) is 0 Å². The summed E-state index contributed by atoms with van der Waals surface area (Å²) in [6.07, 6.45) is 1.65. The number of benzene rings is 1. The van der Waals surface area contributed by atoms with Crippen LogP contribution in [-0.2, 0) is 4.74 Å². The summed E-state index contributed by atoms with van der Waals surface area (Å²) in [7, 11) is 0. The van der Waals surface area contributed by atoms with Crippen LogP contribution in [0.25, 0.3) is 0 Å². The summed E-state index contributed by atoms with van der Waals surface area (Å²) in [6.45, 7) is 9.76. The molecular formula is C18H26N6O. The van der Waals surface area contributed by atoms with Crippen molar-refractivity contribution >= 4 is 17.5 Å². The van der Waals surface area contributed by atoms with Gasteiger partial charge in [-0.1, -0.05) is 26.0 Å². The molecule has 1 aliphatic heterocycles. The number of morpholine rings is 1. The Morgan fingerprint density at radius 3 is 2.64 bits per heavy atom. The Morgan fingerprint density at radius 1 is 1.16 bits per heavy atom. The normalized spacial score (nSPS) is 15.3. The number of anilines is 3. The van der Waals surface area contributed by atoms with Crippen molar-refractivity contribution in [2.24, 2.45) is 0 Å². The standard InChI is InChI=1S/C18H26N6O/c1-14(2)15-3-5-16(6-4-15)21-18-22-17(13-20-23-18)19-7-8-24-9-11-25-12-10-24/h3-6,13-14H,7-12H2,1-2H3,(H2,19,21,22,23). The number of nitrogens with zero attached hydrogens (tertiary/aromatic N) is 4. The molecule has 0 aliphatic carbocycles. The van der Waals surface area contributed by atoms with E-state index in [2.05, 4.69) is 56.7 Å². The van der Waals surface area contributed by atoms with Crippen LogP contribution in [0.5, 0.6) is 0 Å². The van der Waals surface area contributed by atoms with Gasteiger partial charge in [0.1, 0.15) is 0 Å². The summed E-state index contributed by atoms with van der Waals surface area (Å²) < 4.78 is 5.36. The molecule has 3 rings (SSSR count). The molecule has 0 bridgehead atoms. The summed E-state index contributed by atoms with van der Waals surface area (Å²) in [5.41, 5.74) is 2.26. The topological polar surface area (TPSA) is 75.2 Å². The van der Waals surface area contributed by atoms with E-state index < -0.39 is 0 Å². The average Bonchev–Trinajstić information content (AvgIpc) is 2.63. The second kappa shape index (κ2) is 8.73. The highest BCUT2D eigenvalue weighted by Crippen LogP contribution is 2.19. The molecular weight excluding hydrogens is 316 g/mol. The fourth-order valence-electron chi connectivity index (χ4n) is 2.69. The van der Waals surface area contributed by atoms with Crippen molar-refractivity contribution in [3.05, 3.63) is 36.0 Å². The summed E-state index contributed by atoms with van der Waals surface area (Å²) >= 11 is 0. The highest BCUT2D eigenvalue weighted by atomic mass is 16.5. The Kier molecular flexibility index (Phi) is 6.14. The molecule has 1 aromatic carbocycles. The van der Waals surface area contributed by atoms with Gasteiger partial charge in [0.25, 0.3) is 0 Å². The maximum atomic E-state index is 5.36. The van der Waals surface area contributed by atoms with E-state index in [4.69, 9.17) is 4.74 Å². The lowest BCUT2D eigenvalue weighted by molar-refractivity contribution is 0.0398. The van der Waals surface area contributed by atoms with Crippen LogP contribution in [0.4, 0.5) is 17.5 Å². The third-order valence-electron chi connectivity index (χ3n) is 4.23. The van der Waals surface area contributed by atoms with Crippen LogP contribution in [0.3, 0.4) is 0 Å². The van der Waals surface area contributed by atoms with Crippen LogP contribution in [-0.4, -0.2) is 59.5 Å². The lowest BCUT2D eigenvalue weighted by Crippen LogP contribution is -2.39. The Labute approximate surface area is 148 Å². The highest BCUT2D eigenvalue weighted by Gasteiger charge is 2.09. The van der Waals surface area contributed by atoms with Gasteiger partial charge in [-0.15, -0.1) is 5.10 Å². The Hall–Kier alpha value is -2.25. The predicted octanol–water partition coefficient (Wildman–Crippen LogP) is 2.48. The van der Waals surface area contributed by atoms with E-state index in [1.165, 1.54) is 5.56 Å². The van der Waals surface area contributed by atoms with E-state index in [0.29, 0.717) is 11.9 Å². The summed E-state index contributed by atoms with van der Waals surface area (Å²) in [4.78, 5) is 6.84. The molecule has 0 amide bonds. The average molecular weight is 342 g/mol. The lowest BCUT2D eigenvalue weighted by atomic mass is 10.0. The Morgan fingerprint density at radius 2 is 1.92 bits per heavy atom. The molecule has 134 valence electrons. The molecule has 0 atom stereocenters. The van der Waals surface area contributed by atoms with Gasteiger partial charge in [0.15, 0.2) is 5.82 Å². The van der Waals surface area contributed by atoms with Gasteiger partial charge in [0.2, 0.25) is 5.95 Å². The summed E-state index contributed by atoms with van der Waals surface area (Å²) in [5.74, 6) is 1.74. The maximum Gasteiger partial charge on any atom is 0.249 e. The maximum absolute atomic E-state index is 5.36. The molecule has 0 saturated carbocycles. The van der Waals surface area contributed by atoms with E-state index in [1.54, 1.807) is 6.20 Å². The van der Waals surface area contributed by atoms with Gasteiger partial charge in [-0.05, 0) is 23.6 Å². The van der Waals surface area contributed by atoms with E-state index in [0.717, 1.165) is 50.9 Å². The van der Waals surface area contributed by atoms with Crippen molar-refractivity contribution in [3.8, 4) is 0 Å². The van der Waals surface area contributed by atoms with Gasteiger partial charge in [-0.3, -0.25) is 4.90 Å². The number of nitrogens with one attached hydrogen (secondary N) is 2. The number of hydrogen-bond acceptors (Lipinski definition) is 7. The first kappa shape index (κ1) is 17.6. The zero-order chi connectivity index (χ0) is 17.5. The molecule has 2 N–H and O–H groups in total. The highest BCUT2D eigenvalue weighted by molar-refractivity contribution is 5.54. The van der Waals surface area contributed by atoms with Gasteiger partial charge in [0, 0.05) is 31.9 Å². The minimum absolute atomic E-state index is 0.494. The first-order valence-electron chi connectivity index (χ1n) is 8.81. The largest absolute Gasteiger partial charge is 0.379 e. The lowest BCUT2D eigenvalue weighted by Gasteiger charge is -2.26. The number of hydrogen-bond donors (Lipinski definition) is 2. The zero-order valence-electron chi connectivity index (χ0n) is 14.9. The monoisotopic (exact) mass is 342 g/mol. The summed E-state index contributed by atoms with van der Waals surface area (Å²) in [6, 6.07) is 8.31. The van der Waals surface area contributed by atoms with Crippen molar-refractivity contribution in [1.82, 2.24) is 20.1 Å². The second-order valence-electron chi connectivity index (χ2n) is 6.45. The molecule has 0 spiro atoms. The van der Waals surface area contributed by atoms with Crippen molar-refractivity contribution < 1.29 is 4.74 Å². The SMILES string of the molecule is CC(C)c1ccc(Nc2nncc(NCCN3CCOCC3)n2)cc1. The zero-order valence-corrected chi connectivity index (χ0v) is 14.9. The van der Waals surface area contributed by atoms with Gasteiger partial charge in [-0.2, -0.15) is 10.1 Å². The molecule has 7 heteroatoms. The van der Waals surface area contributed by atoms with Crippen molar-refractivity contribution in [2.45, 2.75) is 19.8 Å². The van der Waals surface area contributed by atoms with Crippen molar-refractivity contribution in [2.75, 3.05) is 50.0 Å². The van der Waals surface area contributed by atoms with Crippen LogP contribution in [0.1, 0.15) is 25.3 Å². The third kappa shape index (κ3) is 5.37. The molecule has 1 saturated heterocycles. The third-order valence-corrected chi connectivity index (χ3v) is 4.23. The van der Waals surface area contributed by atoms with Crippen LogP contribution in [0.15, 0.2) is 30.5 Å².